The van der Waals surface area contributed by atoms with Gasteiger partial charge in [0, 0.05) is 28.7 Å². The summed E-state index contributed by atoms with van der Waals surface area (Å²) in [5.41, 5.74) is 2.59. The fourth-order valence-electron chi connectivity index (χ4n) is 4.61. The SMILES string of the molecule is CCCCOC(=O)Oc1ccc(-c2c(Cl)c(CN3C(=O)CCC3=O)nc3sc4c(c23)CCS(=O)(=O)C4)cc1. The number of aryl methyl sites for hydroxylation is 1. The lowest BCUT2D eigenvalue weighted by molar-refractivity contribution is -0.139. The molecular weight excluding hydrogens is 552 g/mol. The van der Waals surface area contributed by atoms with E-state index in [1.54, 1.807) is 24.3 Å². The molecule has 2 aliphatic heterocycles. The minimum absolute atomic E-state index is 0.0361. The summed E-state index contributed by atoms with van der Waals surface area (Å²) in [5.74, 6) is -0.291. The molecule has 9 nitrogen and oxygen atoms in total. The summed E-state index contributed by atoms with van der Waals surface area (Å²) in [7, 11) is -3.21. The quantitative estimate of drug-likeness (QED) is 0.166. The van der Waals surface area contributed by atoms with E-state index in [-0.39, 0.29) is 54.3 Å². The van der Waals surface area contributed by atoms with E-state index in [0.717, 1.165) is 33.6 Å². The number of hydrogen-bond donors (Lipinski definition) is 0. The number of aromatic nitrogens is 1. The maximum Gasteiger partial charge on any atom is 0.513 e. The summed E-state index contributed by atoms with van der Waals surface area (Å²) in [5, 5.41) is 1.05. The average Bonchev–Trinajstić information content (AvgIpc) is 3.38. The van der Waals surface area contributed by atoms with E-state index in [9.17, 15) is 22.8 Å². The number of likely N-dealkylation sites (tertiary alicyclic amines) is 1. The lowest BCUT2D eigenvalue weighted by Gasteiger charge is -2.18. The Morgan fingerprint density at radius 1 is 1.13 bits per heavy atom. The van der Waals surface area contributed by atoms with Crippen molar-refractivity contribution < 1.29 is 32.3 Å². The van der Waals surface area contributed by atoms with Crippen LogP contribution in [0.3, 0.4) is 0 Å². The monoisotopic (exact) mass is 576 g/mol. The average molecular weight is 577 g/mol. The van der Waals surface area contributed by atoms with E-state index >= 15 is 0 Å². The van der Waals surface area contributed by atoms with Crippen LogP contribution in [0.2, 0.25) is 5.02 Å². The molecule has 0 N–H and O–H groups in total. The van der Waals surface area contributed by atoms with Crippen LogP contribution in [-0.2, 0) is 42.9 Å². The standard InChI is InChI=1S/C26H25ClN2O7S2/c1-2-3-11-35-26(32)36-16-6-4-15(5-7-16)22-23-17-10-12-38(33,34)14-19(17)37-25(23)28-18(24(22)27)13-29-20(30)8-9-21(29)31/h4-7H,2-3,8-14H2,1H3. The molecule has 200 valence electrons. The number of carbonyl (C=O) groups is 3. The Hall–Kier alpha value is -3.02. The molecule has 0 spiro atoms. The zero-order chi connectivity index (χ0) is 27.0. The Bertz CT molecular complexity index is 1530. The number of nitrogens with zero attached hydrogens (tertiary/aromatic N) is 2. The van der Waals surface area contributed by atoms with Crippen molar-refractivity contribution >= 4 is 61.0 Å². The summed E-state index contributed by atoms with van der Waals surface area (Å²) < 4.78 is 34.9. The summed E-state index contributed by atoms with van der Waals surface area (Å²) in [6.07, 6.45) is 1.50. The highest BCUT2D eigenvalue weighted by Gasteiger charge is 2.32. The number of unbranched alkanes of at least 4 members (excludes halogenated alkanes) is 1. The third-order valence-electron chi connectivity index (χ3n) is 6.57. The Kier molecular flexibility index (Phi) is 7.43. The first-order valence-corrected chi connectivity index (χ1v) is 15.3. The van der Waals surface area contributed by atoms with Gasteiger partial charge in [0.15, 0.2) is 9.84 Å². The van der Waals surface area contributed by atoms with Crippen molar-refractivity contribution in [2.75, 3.05) is 12.4 Å². The number of ether oxygens (including phenoxy) is 2. The van der Waals surface area contributed by atoms with Gasteiger partial charge in [-0.15, -0.1) is 11.3 Å². The molecule has 0 unspecified atom stereocenters. The van der Waals surface area contributed by atoms with Crippen LogP contribution in [0.1, 0.15) is 48.7 Å². The van der Waals surface area contributed by atoms with Gasteiger partial charge in [0.25, 0.3) is 0 Å². The normalized spacial score (nSPS) is 16.6. The molecule has 4 heterocycles. The number of pyridine rings is 1. The van der Waals surface area contributed by atoms with E-state index in [1.807, 2.05) is 6.92 Å². The van der Waals surface area contributed by atoms with Gasteiger partial charge in [0.2, 0.25) is 11.8 Å². The fourth-order valence-corrected chi connectivity index (χ4v) is 7.97. The van der Waals surface area contributed by atoms with E-state index in [0.29, 0.717) is 33.8 Å². The number of fused-ring (bicyclic) bond motifs is 3. The Morgan fingerprint density at radius 3 is 2.53 bits per heavy atom. The topological polar surface area (TPSA) is 120 Å². The summed E-state index contributed by atoms with van der Waals surface area (Å²) in [4.78, 5) is 43.7. The second kappa shape index (κ2) is 10.6. The van der Waals surface area contributed by atoms with E-state index in [2.05, 4.69) is 0 Å². The first kappa shape index (κ1) is 26.6. The van der Waals surface area contributed by atoms with E-state index in [1.165, 1.54) is 11.3 Å². The minimum Gasteiger partial charge on any atom is -0.434 e. The molecule has 1 saturated heterocycles. The van der Waals surface area contributed by atoms with E-state index in [4.69, 9.17) is 26.1 Å². The van der Waals surface area contributed by atoms with Gasteiger partial charge in [0.1, 0.15) is 10.6 Å². The fraction of sp³-hybridized carbons (Fsp3) is 0.385. The van der Waals surface area contributed by atoms with Crippen molar-refractivity contribution in [3.05, 3.63) is 45.4 Å². The number of halogens is 1. The molecule has 0 bridgehead atoms. The van der Waals surface area contributed by atoms with Gasteiger partial charge >= 0.3 is 6.16 Å². The highest BCUT2D eigenvalue weighted by atomic mass is 35.5. The molecule has 1 fully saturated rings. The summed E-state index contributed by atoms with van der Waals surface area (Å²) in [6, 6.07) is 6.73. The molecule has 38 heavy (non-hydrogen) atoms. The second-order valence-corrected chi connectivity index (χ2v) is 12.9. The Balaban J connectivity index is 1.56. The number of hydrogen-bond acceptors (Lipinski definition) is 9. The number of amides is 2. The molecule has 12 heteroatoms. The van der Waals surface area contributed by atoms with Crippen LogP contribution in [-0.4, -0.2) is 48.6 Å². The van der Waals surface area contributed by atoms with Gasteiger partial charge in [-0.3, -0.25) is 14.5 Å². The Labute approximate surface area is 228 Å². The summed E-state index contributed by atoms with van der Waals surface area (Å²) >= 11 is 8.21. The molecule has 2 amide bonds. The molecular formula is C26H25ClN2O7S2. The van der Waals surface area contributed by atoms with Crippen molar-refractivity contribution in [3.8, 4) is 16.9 Å². The van der Waals surface area contributed by atoms with E-state index < -0.39 is 16.0 Å². The maximum atomic E-state index is 12.3. The van der Waals surface area contributed by atoms with Gasteiger partial charge in [-0.05, 0) is 36.1 Å². The smallest absolute Gasteiger partial charge is 0.434 e. The van der Waals surface area contributed by atoms with Gasteiger partial charge < -0.3 is 9.47 Å². The van der Waals surface area contributed by atoms with Gasteiger partial charge in [-0.2, -0.15) is 0 Å². The first-order valence-electron chi connectivity index (χ1n) is 12.3. The molecule has 5 rings (SSSR count). The van der Waals surface area contributed by atoms with Crippen LogP contribution in [0.25, 0.3) is 21.3 Å². The van der Waals surface area contributed by atoms with Crippen molar-refractivity contribution in [1.29, 1.82) is 0 Å². The van der Waals surface area contributed by atoms with Crippen molar-refractivity contribution in [2.24, 2.45) is 0 Å². The molecule has 3 aromatic rings. The molecule has 2 aromatic heterocycles. The highest BCUT2D eigenvalue weighted by Crippen LogP contribution is 2.45. The van der Waals surface area contributed by atoms with Gasteiger partial charge in [0.05, 0.1) is 35.4 Å². The first-order chi connectivity index (χ1) is 18.2. The van der Waals surface area contributed by atoms with Crippen molar-refractivity contribution in [2.45, 2.75) is 51.3 Å². The molecule has 0 atom stereocenters. The number of sulfone groups is 1. The number of carbonyl (C=O) groups excluding carboxylic acids is 3. The van der Waals surface area contributed by atoms with Gasteiger partial charge in [-0.25, -0.2) is 18.2 Å². The maximum absolute atomic E-state index is 12.3. The van der Waals surface area contributed by atoms with Crippen LogP contribution in [0.4, 0.5) is 4.79 Å². The predicted molar refractivity (Wildman–Crippen MR) is 143 cm³/mol. The lowest BCUT2D eigenvalue weighted by Crippen LogP contribution is -2.29. The number of rotatable bonds is 7. The van der Waals surface area contributed by atoms with Crippen LogP contribution in [0.15, 0.2) is 24.3 Å². The predicted octanol–water partition coefficient (Wildman–Crippen LogP) is 5.05. The molecule has 0 saturated carbocycles. The Morgan fingerprint density at radius 2 is 1.84 bits per heavy atom. The minimum atomic E-state index is -3.21. The third kappa shape index (κ3) is 5.27. The summed E-state index contributed by atoms with van der Waals surface area (Å²) in [6.45, 7) is 2.21. The van der Waals surface area contributed by atoms with Crippen LogP contribution in [0, 0.1) is 0 Å². The second-order valence-electron chi connectivity index (χ2n) is 9.23. The molecule has 1 aromatic carbocycles. The van der Waals surface area contributed by atoms with Crippen LogP contribution in [0.5, 0.6) is 5.75 Å². The molecule has 2 aliphatic rings. The van der Waals surface area contributed by atoms with Gasteiger partial charge in [-0.1, -0.05) is 37.1 Å². The van der Waals surface area contributed by atoms with Crippen molar-refractivity contribution in [3.63, 3.8) is 0 Å². The number of thiophene rings is 1. The largest absolute Gasteiger partial charge is 0.513 e. The number of imide groups is 1. The zero-order valence-electron chi connectivity index (χ0n) is 20.6. The molecule has 0 aliphatic carbocycles. The van der Waals surface area contributed by atoms with Crippen LogP contribution >= 0.6 is 22.9 Å². The number of benzene rings is 1. The lowest BCUT2D eigenvalue weighted by atomic mass is 9.97. The third-order valence-corrected chi connectivity index (χ3v) is 9.84. The highest BCUT2D eigenvalue weighted by molar-refractivity contribution is 7.90. The van der Waals surface area contributed by atoms with Crippen molar-refractivity contribution in [1.82, 2.24) is 9.88 Å². The van der Waals surface area contributed by atoms with Crippen LogP contribution < -0.4 is 4.74 Å². The zero-order valence-corrected chi connectivity index (χ0v) is 23.0. The molecule has 0 radical (unpaired) electrons.